The summed E-state index contributed by atoms with van der Waals surface area (Å²) in [7, 11) is 2.22. The van der Waals surface area contributed by atoms with E-state index in [-0.39, 0.29) is 5.91 Å². The number of likely N-dealkylation sites (N-methyl/N-ethyl adjacent to an activating group) is 1. The van der Waals surface area contributed by atoms with Crippen molar-refractivity contribution in [3.05, 3.63) is 0 Å². The van der Waals surface area contributed by atoms with E-state index in [4.69, 9.17) is 5.73 Å². The van der Waals surface area contributed by atoms with Gasteiger partial charge >= 0.3 is 0 Å². The number of carbonyl (C=O) groups is 1. The number of nitrogens with one attached hydrogen (secondary N) is 1. The average molecular weight is 283 g/mol. The highest BCUT2D eigenvalue weighted by Gasteiger charge is 2.29. The lowest BCUT2D eigenvalue weighted by Crippen LogP contribution is -2.53. The molecule has 1 amide bonds. The van der Waals surface area contributed by atoms with E-state index in [1.807, 2.05) is 13.8 Å². The minimum Gasteiger partial charge on any atom is -0.368 e. The molecule has 0 spiro atoms. The largest absolute Gasteiger partial charge is 0.368 e. The Morgan fingerprint density at radius 1 is 1.35 bits per heavy atom. The number of primary amides is 1. The van der Waals surface area contributed by atoms with Crippen LogP contribution in [0.1, 0.15) is 59.3 Å². The van der Waals surface area contributed by atoms with E-state index in [9.17, 15) is 4.79 Å². The van der Waals surface area contributed by atoms with Crippen molar-refractivity contribution in [1.29, 1.82) is 0 Å². The molecule has 4 heteroatoms. The van der Waals surface area contributed by atoms with Crippen molar-refractivity contribution in [3.63, 3.8) is 0 Å². The van der Waals surface area contributed by atoms with Gasteiger partial charge in [0.05, 0.1) is 5.54 Å². The lowest BCUT2D eigenvalue weighted by atomic mass is 9.86. The standard InChI is InChI=1S/C16H33N3O/c1-5-18-16(3,15(17)20)11-6-12-19(4)14-9-7-13(2)8-10-14/h13-14,18H,5-12H2,1-4H3,(H2,17,20). The molecule has 1 aliphatic carbocycles. The molecule has 0 bridgehead atoms. The van der Waals surface area contributed by atoms with Crippen LogP contribution in [-0.4, -0.2) is 42.5 Å². The molecule has 1 saturated carbocycles. The first-order chi connectivity index (χ1) is 9.39. The van der Waals surface area contributed by atoms with Crippen LogP contribution in [0.15, 0.2) is 0 Å². The number of amides is 1. The van der Waals surface area contributed by atoms with Crippen molar-refractivity contribution < 1.29 is 4.79 Å². The van der Waals surface area contributed by atoms with E-state index in [2.05, 4.69) is 24.2 Å². The van der Waals surface area contributed by atoms with Crippen molar-refractivity contribution >= 4 is 5.91 Å². The SMILES string of the molecule is CCNC(C)(CCCN(C)C1CCC(C)CC1)C(N)=O. The predicted octanol–water partition coefficient (Wildman–Crippen LogP) is 2.13. The van der Waals surface area contributed by atoms with E-state index < -0.39 is 5.54 Å². The van der Waals surface area contributed by atoms with E-state index in [1.54, 1.807) is 0 Å². The molecule has 0 saturated heterocycles. The maximum Gasteiger partial charge on any atom is 0.237 e. The average Bonchev–Trinajstić information content (AvgIpc) is 2.39. The lowest BCUT2D eigenvalue weighted by molar-refractivity contribution is -0.124. The Labute approximate surface area is 124 Å². The van der Waals surface area contributed by atoms with Gasteiger partial charge in [-0.25, -0.2) is 0 Å². The van der Waals surface area contributed by atoms with Crippen LogP contribution < -0.4 is 11.1 Å². The Hall–Kier alpha value is -0.610. The predicted molar refractivity (Wildman–Crippen MR) is 84.6 cm³/mol. The molecule has 0 heterocycles. The van der Waals surface area contributed by atoms with Crippen LogP contribution in [-0.2, 0) is 4.79 Å². The number of hydrogen-bond acceptors (Lipinski definition) is 3. The fraction of sp³-hybridized carbons (Fsp3) is 0.938. The molecular weight excluding hydrogens is 250 g/mol. The van der Waals surface area contributed by atoms with Gasteiger partial charge in [0.25, 0.3) is 0 Å². The first-order valence-corrected chi connectivity index (χ1v) is 8.14. The second kappa shape index (κ2) is 7.99. The van der Waals surface area contributed by atoms with Crippen molar-refractivity contribution in [2.75, 3.05) is 20.1 Å². The Bertz CT molecular complexity index is 300. The molecule has 4 nitrogen and oxygen atoms in total. The van der Waals surface area contributed by atoms with E-state index in [0.717, 1.165) is 37.9 Å². The number of nitrogens with zero attached hydrogens (tertiary/aromatic N) is 1. The molecule has 1 unspecified atom stereocenters. The van der Waals surface area contributed by atoms with Gasteiger partial charge in [-0.15, -0.1) is 0 Å². The minimum atomic E-state index is -0.559. The van der Waals surface area contributed by atoms with Crippen LogP contribution >= 0.6 is 0 Å². The third-order valence-corrected chi connectivity index (χ3v) is 4.91. The van der Waals surface area contributed by atoms with Crippen LogP contribution in [0.2, 0.25) is 0 Å². The van der Waals surface area contributed by atoms with E-state index >= 15 is 0 Å². The molecule has 20 heavy (non-hydrogen) atoms. The summed E-state index contributed by atoms with van der Waals surface area (Å²) in [5, 5.41) is 3.22. The van der Waals surface area contributed by atoms with Crippen LogP contribution in [0.4, 0.5) is 0 Å². The molecule has 1 rings (SSSR count). The summed E-state index contributed by atoms with van der Waals surface area (Å²) in [6.45, 7) is 8.10. The fourth-order valence-corrected chi connectivity index (χ4v) is 3.24. The smallest absolute Gasteiger partial charge is 0.237 e. The van der Waals surface area contributed by atoms with Crippen molar-refractivity contribution in [2.45, 2.75) is 70.9 Å². The highest BCUT2D eigenvalue weighted by Crippen LogP contribution is 2.26. The Morgan fingerprint density at radius 2 is 1.95 bits per heavy atom. The first kappa shape index (κ1) is 17.4. The van der Waals surface area contributed by atoms with Crippen LogP contribution in [0.3, 0.4) is 0 Å². The topological polar surface area (TPSA) is 58.4 Å². The Kier molecular flexibility index (Phi) is 6.96. The molecule has 1 fully saturated rings. The van der Waals surface area contributed by atoms with Crippen LogP contribution in [0.5, 0.6) is 0 Å². The second-order valence-electron chi connectivity index (χ2n) is 6.72. The highest BCUT2D eigenvalue weighted by molar-refractivity contribution is 5.84. The third kappa shape index (κ3) is 5.06. The second-order valence-corrected chi connectivity index (χ2v) is 6.72. The summed E-state index contributed by atoms with van der Waals surface area (Å²) < 4.78 is 0. The number of carbonyl (C=O) groups excluding carboxylic acids is 1. The first-order valence-electron chi connectivity index (χ1n) is 8.14. The van der Waals surface area contributed by atoms with Gasteiger partial charge in [0, 0.05) is 6.04 Å². The molecular formula is C16H33N3O. The van der Waals surface area contributed by atoms with Gasteiger partial charge in [-0.05, 0) is 71.5 Å². The summed E-state index contributed by atoms with van der Waals surface area (Å²) in [6, 6.07) is 0.727. The third-order valence-electron chi connectivity index (χ3n) is 4.91. The molecule has 0 aromatic rings. The Morgan fingerprint density at radius 3 is 2.45 bits per heavy atom. The van der Waals surface area contributed by atoms with Gasteiger partial charge in [-0.3, -0.25) is 4.79 Å². The zero-order valence-electron chi connectivity index (χ0n) is 13.7. The summed E-state index contributed by atoms with van der Waals surface area (Å²) in [4.78, 5) is 14.0. The Balaban J connectivity index is 2.33. The number of nitrogens with two attached hydrogens (primary N) is 1. The maximum atomic E-state index is 11.6. The summed E-state index contributed by atoms with van der Waals surface area (Å²) in [5.41, 5.74) is 4.96. The van der Waals surface area contributed by atoms with Crippen LogP contribution in [0, 0.1) is 5.92 Å². The zero-order chi connectivity index (χ0) is 15.2. The minimum absolute atomic E-state index is 0.242. The monoisotopic (exact) mass is 283 g/mol. The number of hydrogen-bond donors (Lipinski definition) is 2. The van der Waals surface area contributed by atoms with Crippen molar-refractivity contribution in [1.82, 2.24) is 10.2 Å². The van der Waals surface area contributed by atoms with Gasteiger partial charge in [0.1, 0.15) is 0 Å². The summed E-state index contributed by atoms with van der Waals surface area (Å²) in [6.07, 6.45) is 7.16. The molecule has 0 aromatic heterocycles. The fourth-order valence-electron chi connectivity index (χ4n) is 3.24. The van der Waals surface area contributed by atoms with Crippen molar-refractivity contribution in [2.24, 2.45) is 11.7 Å². The summed E-state index contributed by atoms with van der Waals surface area (Å²) in [5.74, 6) is 0.653. The molecule has 3 N–H and O–H groups in total. The van der Waals surface area contributed by atoms with E-state index in [1.165, 1.54) is 25.7 Å². The molecule has 0 aromatic carbocycles. The van der Waals surface area contributed by atoms with Gasteiger partial charge in [0.2, 0.25) is 5.91 Å². The van der Waals surface area contributed by atoms with Gasteiger partial charge in [0.15, 0.2) is 0 Å². The van der Waals surface area contributed by atoms with Crippen molar-refractivity contribution in [3.8, 4) is 0 Å². The normalized spacial score (nSPS) is 26.4. The quantitative estimate of drug-likeness (QED) is 0.717. The molecule has 0 radical (unpaired) electrons. The van der Waals surface area contributed by atoms with Crippen LogP contribution in [0.25, 0.3) is 0 Å². The summed E-state index contributed by atoms with van der Waals surface area (Å²) >= 11 is 0. The molecule has 1 atom stereocenters. The molecule has 0 aliphatic heterocycles. The number of rotatable bonds is 8. The zero-order valence-corrected chi connectivity index (χ0v) is 13.7. The lowest BCUT2D eigenvalue weighted by Gasteiger charge is -2.34. The van der Waals surface area contributed by atoms with Gasteiger partial charge < -0.3 is 16.0 Å². The molecule has 1 aliphatic rings. The van der Waals surface area contributed by atoms with Gasteiger partial charge in [-0.1, -0.05) is 13.8 Å². The highest BCUT2D eigenvalue weighted by atomic mass is 16.1. The molecule has 118 valence electrons. The van der Waals surface area contributed by atoms with E-state index in [0.29, 0.717) is 0 Å². The van der Waals surface area contributed by atoms with Gasteiger partial charge in [-0.2, -0.15) is 0 Å². The maximum absolute atomic E-state index is 11.6.